The van der Waals surface area contributed by atoms with Crippen LogP contribution in [0.25, 0.3) is 0 Å². The molecule has 0 unspecified atom stereocenters. The molecule has 4 heteroatoms. The van der Waals surface area contributed by atoms with Gasteiger partial charge >= 0.3 is 0 Å². The molecule has 0 aliphatic heterocycles. The summed E-state index contributed by atoms with van der Waals surface area (Å²) in [4.78, 5) is 4.16. The van der Waals surface area contributed by atoms with Gasteiger partial charge < -0.3 is 15.9 Å². The Labute approximate surface area is 121 Å². The van der Waals surface area contributed by atoms with Crippen LogP contribution in [0.4, 0.5) is 5.69 Å². The molecule has 0 radical (unpaired) electrons. The smallest absolute Gasteiger partial charge is 0.0872 e. The van der Waals surface area contributed by atoms with Crippen molar-refractivity contribution in [1.82, 2.24) is 0 Å². The van der Waals surface area contributed by atoms with Gasteiger partial charge in [0.25, 0.3) is 0 Å². The maximum Gasteiger partial charge on any atom is 0.0872 e. The van der Waals surface area contributed by atoms with Crippen molar-refractivity contribution in [2.75, 3.05) is 0 Å². The van der Waals surface area contributed by atoms with Crippen molar-refractivity contribution in [2.45, 2.75) is 45.8 Å². The highest BCUT2D eigenvalue weighted by Gasteiger charge is 2.31. The van der Waals surface area contributed by atoms with E-state index in [0.29, 0.717) is 0 Å². The molecule has 0 aliphatic carbocycles. The van der Waals surface area contributed by atoms with E-state index >= 15 is 0 Å². The molecule has 0 saturated heterocycles. The van der Waals surface area contributed by atoms with Crippen molar-refractivity contribution < 1.29 is 10.2 Å². The monoisotopic (exact) mass is 278 g/mol. The zero-order valence-electron chi connectivity index (χ0n) is 13.0. The second-order valence-electron chi connectivity index (χ2n) is 5.64. The fraction of sp³-hybridized carbons (Fsp3) is 0.438. The number of para-hydroxylation sites is 1. The average Bonchev–Trinajstić information content (AvgIpc) is 2.28. The van der Waals surface area contributed by atoms with Crippen molar-refractivity contribution >= 4 is 11.9 Å². The molecule has 20 heavy (non-hydrogen) atoms. The lowest BCUT2D eigenvalue weighted by Crippen LogP contribution is -2.44. The van der Waals surface area contributed by atoms with Gasteiger partial charge in [-0.2, -0.15) is 0 Å². The van der Waals surface area contributed by atoms with Crippen molar-refractivity contribution in [1.29, 1.82) is 0 Å². The number of aliphatic hydroxyl groups is 2. The van der Waals surface area contributed by atoms with E-state index < -0.39 is 11.2 Å². The van der Waals surface area contributed by atoms with Gasteiger partial charge in [-0.15, -0.1) is 0 Å². The molecule has 4 nitrogen and oxygen atoms in total. The summed E-state index contributed by atoms with van der Waals surface area (Å²) in [6, 6.07) is 9.74. The van der Waals surface area contributed by atoms with Crippen molar-refractivity contribution in [3.05, 3.63) is 42.1 Å². The number of hydrogen-bond donors (Lipinski definition) is 3. The van der Waals surface area contributed by atoms with Crippen LogP contribution < -0.4 is 5.73 Å². The van der Waals surface area contributed by atoms with Crippen LogP contribution in [0.1, 0.15) is 34.6 Å². The molecule has 0 heterocycles. The number of hydrogen-bond acceptors (Lipinski definition) is 4. The molecular formula is C16H26N2O2. The second kappa shape index (κ2) is 7.82. The minimum absolute atomic E-state index is 0.759. The molecule has 4 N–H and O–H groups in total. The van der Waals surface area contributed by atoms with Crippen LogP contribution in [0.15, 0.2) is 47.1 Å². The Kier molecular flexibility index (Phi) is 7.18. The molecule has 1 rings (SSSR count). The summed E-state index contributed by atoms with van der Waals surface area (Å²) in [5, 5.41) is 18.2. The number of aliphatic imine (C=N–C) groups is 1. The lowest BCUT2D eigenvalue weighted by atomic mass is 9.90. The molecule has 0 saturated carbocycles. The summed E-state index contributed by atoms with van der Waals surface area (Å²) >= 11 is 0. The van der Waals surface area contributed by atoms with Crippen LogP contribution in [0.5, 0.6) is 0 Å². The van der Waals surface area contributed by atoms with E-state index in [1.807, 2.05) is 37.3 Å². The van der Waals surface area contributed by atoms with E-state index in [1.54, 1.807) is 40.0 Å². The third-order valence-electron chi connectivity index (χ3n) is 2.81. The molecule has 0 fully saturated rings. The summed E-state index contributed by atoms with van der Waals surface area (Å²) in [6.45, 7) is 8.14. The van der Waals surface area contributed by atoms with Gasteiger partial charge in [-0.3, -0.25) is 4.99 Å². The minimum Gasteiger partial charge on any atom is -0.402 e. The molecule has 112 valence electrons. The van der Waals surface area contributed by atoms with E-state index in [1.165, 1.54) is 0 Å². The zero-order chi connectivity index (χ0) is 15.8. The Bertz CT molecular complexity index is 422. The van der Waals surface area contributed by atoms with Gasteiger partial charge in [0, 0.05) is 11.9 Å². The van der Waals surface area contributed by atoms with E-state index in [0.717, 1.165) is 11.4 Å². The maximum absolute atomic E-state index is 9.10. The largest absolute Gasteiger partial charge is 0.402 e. The zero-order valence-corrected chi connectivity index (χ0v) is 13.0. The van der Waals surface area contributed by atoms with E-state index in [2.05, 4.69) is 4.99 Å². The first-order valence-electron chi connectivity index (χ1n) is 6.50. The first-order valence-corrected chi connectivity index (χ1v) is 6.50. The summed E-state index contributed by atoms with van der Waals surface area (Å²) in [7, 11) is 0. The van der Waals surface area contributed by atoms with Crippen LogP contribution in [0.2, 0.25) is 0 Å². The molecule has 1 aromatic rings. The van der Waals surface area contributed by atoms with Gasteiger partial charge in [0.05, 0.1) is 16.9 Å². The van der Waals surface area contributed by atoms with E-state index in [9.17, 15) is 0 Å². The molecule has 1 aromatic carbocycles. The number of benzene rings is 1. The highest BCUT2D eigenvalue weighted by molar-refractivity contribution is 5.74. The standard InChI is InChI=1S/C10H12N2.C6H14O2/c1-9(11)7-8-12-10-5-3-2-4-6-10;1-5(2,7)6(3,4)8/h2-8H,11H2,1H3;7-8H,1-4H3/b9-7-,12-8?;. The second-order valence-corrected chi connectivity index (χ2v) is 5.64. The highest BCUT2D eigenvalue weighted by atomic mass is 16.3. The predicted molar refractivity (Wildman–Crippen MR) is 85.1 cm³/mol. The summed E-state index contributed by atoms with van der Waals surface area (Å²) in [5.41, 5.74) is 5.11. The normalized spacial score (nSPS) is 13.1. The topological polar surface area (TPSA) is 78.8 Å². The first-order chi connectivity index (χ1) is 9.04. The Morgan fingerprint density at radius 3 is 1.85 bits per heavy atom. The Hall–Kier alpha value is -1.65. The third kappa shape index (κ3) is 8.45. The Morgan fingerprint density at radius 1 is 1.05 bits per heavy atom. The van der Waals surface area contributed by atoms with E-state index in [-0.39, 0.29) is 0 Å². The summed E-state index contributed by atoms with van der Waals surface area (Å²) in [5.74, 6) is 0. The number of nitrogens with zero attached hydrogens (tertiary/aromatic N) is 1. The van der Waals surface area contributed by atoms with Crippen LogP contribution in [-0.4, -0.2) is 27.6 Å². The van der Waals surface area contributed by atoms with E-state index in [4.69, 9.17) is 15.9 Å². The quantitative estimate of drug-likeness (QED) is 0.744. The van der Waals surface area contributed by atoms with Crippen molar-refractivity contribution in [3.63, 3.8) is 0 Å². The van der Waals surface area contributed by atoms with Gasteiger partial charge in [0.15, 0.2) is 0 Å². The Morgan fingerprint density at radius 2 is 1.50 bits per heavy atom. The van der Waals surface area contributed by atoms with Gasteiger partial charge in [0.1, 0.15) is 0 Å². The Balaban J connectivity index is 0.000000396. The number of rotatable bonds is 3. The van der Waals surface area contributed by atoms with Gasteiger partial charge in [-0.25, -0.2) is 0 Å². The van der Waals surface area contributed by atoms with Crippen molar-refractivity contribution in [3.8, 4) is 0 Å². The van der Waals surface area contributed by atoms with Gasteiger partial charge in [-0.05, 0) is 52.8 Å². The van der Waals surface area contributed by atoms with Crippen LogP contribution in [0.3, 0.4) is 0 Å². The number of nitrogens with two attached hydrogens (primary N) is 1. The van der Waals surface area contributed by atoms with Gasteiger partial charge in [-0.1, -0.05) is 18.2 Å². The molecule has 0 aliphatic rings. The lowest BCUT2D eigenvalue weighted by molar-refractivity contribution is -0.107. The first kappa shape index (κ1) is 18.4. The van der Waals surface area contributed by atoms with Crippen LogP contribution in [0, 0.1) is 0 Å². The molecule has 0 aromatic heterocycles. The molecule has 0 spiro atoms. The van der Waals surface area contributed by atoms with Gasteiger partial charge in [0.2, 0.25) is 0 Å². The SMILES string of the molecule is C/C(N)=C/C=Nc1ccccc1.CC(C)(O)C(C)(C)O. The highest BCUT2D eigenvalue weighted by Crippen LogP contribution is 2.19. The van der Waals surface area contributed by atoms with Crippen LogP contribution >= 0.6 is 0 Å². The number of allylic oxidation sites excluding steroid dienone is 2. The fourth-order valence-electron chi connectivity index (χ4n) is 0.755. The molecule has 0 amide bonds. The summed E-state index contributed by atoms with van der Waals surface area (Å²) in [6.07, 6.45) is 3.47. The maximum atomic E-state index is 9.10. The summed E-state index contributed by atoms with van der Waals surface area (Å²) < 4.78 is 0. The minimum atomic E-state index is -1.01. The fourth-order valence-corrected chi connectivity index (χ4v) is 0.755. The third-order valence-corrected chi connectivity index (χ3v) is 2.81. The van der Waals surface area contributed by atoms with Crippen molar-refractivity contribution in [2.24, 2.45) is 10.7 Å². The average molecular weight is 278 g/mol. The predicted octanol–water partition coefficient (Wildman–Crippen LogP) is 2.78. The molecule has 0 atom stereocenters. The van der Waals surface area contributed by atoms with Crippen LogP contribution in [-0.2, 0) is 0 Å². The molecular weight excluding hydrogens is 252 g/mol. The lowest BCUT2D eigenvalue weighted by Gasteiger charge is -2.31. The molecule has 0 bridgehead atoms.